The van der Waals surface area contributed by atoms with Crippen LogP contribution in [0.25, 0.3) is 0 Å². The third kappa shape index (κ3) is 3.49. The van der Waals surface area contributed by atoms with Crippen LogP contribution >= 0.6 is 11.8 Å². The van der Waals surface area contributed by atoms with Crippen LogP contribution in [0.2, 0.25) is 0 Å². The number of para-hydroxylation sites is 2. The first-order valence-electron chi connectivity index (χ1n) is 9.11. The van der Waals surface area contributed by atoms with Crippen molar-refractivity contribution in [1.82, 2.24) is 0 Å². The Morgan fingerprint density at radius 1 is 1.15 bits per heavy atom. The standard InChI is InChI=1S/C21H23N3OS/c1-15-8-2-4-10-17(15)22-19(25)14-26-20-16-9-3-5-11-18(16)23-21(24-20)12-6-7-13-21/h2-5,8-11,23H,6-7,12-14H2,1H3,(H,22,25). The van der Waals surface area contributed by atoms with Crippen molar-refractivity contribution in [2.75, 3.05) is 16.4 Å². The van der Waals surface area contributed by atoms with E-state index in [4.69, 9.17) is 4.99 Å². The van der Waals surface area contributed by atoms with Crippen molar-refractivity contribution in [3.63, 3.8) is 0 Å². The Bertz CT molecular complexity index is 856. The largest absolute Gasteiger partial charge is 0.361 e. The lowest BCUT2D eigenvalue weighted by Gasteiger charge is -2.33. The molecule has 2 aromatic rings. The molecule has 0 radical (unpaired) electrons. The van der Waals surface area contributed by atoms with Crippen molar-refractivity contribution in [2.24, 2.45) is 4.99 Å². The molecule has 2 aliphatic rings. The predicted molar refractivity (Wildman–Crippen MR) is 110 cm³/mol. The van der Waals surface area contributed by atoms with Crippen LogP contribution in [0.1, 0.15) is 36.8 Å². The maximum absolute atomic E-state index is 12.4. The highest BCUT2D eigenvalue weighted by atomic mass is 32.2. The van der Waals surface area contributed by atoms with Crippen molar-refractivity contribution in [3.8, 4) is 0 Å². The molecule has 1 aliphatic heterocycles. The predicted octanol–water partition coefficient (Wildman–Crippen LogP) is 4.81. The van der Waals surface area contributed by atoms with E-state index < -0.39 is 0 Å². The molecule has 1 amide bonds. The van der Waals surface area contributed by atoms with Gasteiger partial charge in [-0.2, -0.15) is 0 Å². The molecule has 1 heterocycles. The molecule has 2 N–H and O–H groups in total. The van der Waals surface area contributed by atoms with E-state index in [9.17, 15) is 4.79 Å². The van der Waals surface area contributed by atoms with E-state index in [1.54, 1.807) is 0 Å². The molecular formula is C21H23N3OS. The van der Waals surface area contributed by atoms with Crippen LogP contribution in [0.5, 0.6) is 0 Å². The molecule has 1 saturated carbocycles. The molecular weight excluding hydrogens is 342 g/mol. The van der Waals surface area contributed by atoms with Crippen LogP contribution in [0.4, 0.5) is 11.4 Å². The van der Waals surface area contributed by atoms with Gasteiger partial charge in [0, 0.05) is 16.9 Å². The van der Waals surface area contributed by atoms with Gasteiger partial charge in [-0.1, -0.05) is 48.2 Å². The summed E-state index contributed by atoms with van der Waals surface area (Å²) in [5.41, 5.74) is 3.99. The number of nitrogens with one attached hydrogen (secondary N) is 2. The molecule has 2 aromatic carbocycles. The molecule has 5 heteroatoms. The fourth-order valence-electron chi connectivity index (χ4n) is 3.65. The summed E-state index contributed by atoms with van der Waals surface area (Å²) in [6.45, 7) is 2.00. The minimum Gasteiger partial charge on any atom is -0.361 e. The zero-order chi connectivity index (χ0) is 18.0. The van der Waals surface area contributed by atoms with Crippen LogP contribution in [0.3, 0.4) is 0 Å². The van der Waals surface area contributed by atoms with E-state index in [0.717, 1.165) is 40.4 Å². The van der Waals surface area contributed by atoms with Crippen molar-refractivity contribution in [3.05, 3.63) is 59.7 Å². The molecule has 1 fully saturated rings. The van der Waals surface area contributed by atoms with Crippen molar-refractivity contribution in [1.29, 1.82) is 0 Å². The number of amides is 1. The third-order valence-corrected chi connectivity index (χ3v) is 6.02. The molecule has 26 heavy (non-hydrogen) atoms. The summed E-state index contributed by atoms with van der Waals surface area (Å²) in [5, 5.41) is 7.61. The van der Waals surface area contributed by atoms with Gasteiger partial charge < -0.3 is 10.6 Å². The van der Waals surface area contributed by atoms with E-state index in [0.29, 0.717) is 5.75 Å². The normalized spacial score (nSPS) is 17.3. The molecule has 0 bridgehead atoms. The molecule has 1 spiro atoms. The number of aryl methyl sites for hydroxylation is 1. The molecule has 0 atom stereocenters. The summed E-state index contributed by atoms with van der Waals surface area (Å²) in [7, 11) is 0. The number of hydrogen-bond acceptors (Lipinski definition) is 4. The van der Waals surface area contributed by atoms with E-state index in [1.165, 1.54) is 24.6 Å². The number of hydrogen-bond donors (Lipinski definition) is 2. The number of fused-ring (bicyclic) bond motifs is 1. The Kier molecular flexibility index (Phi) is 4.72. The zero-order valence-corrected chi connectivity index (χ0v) is 15.7. The molecule has 4 rings (SSSR count). The number of thioether (sulfide) groups is 1. The molecule has 1 aliphatic carbocycles. The molecule has 0 unspecified atom stereocenters. The van der Waals surface area contributed by atoms with Crippen LogP contribution in [-0.2, 0) is 4.79 Å². The third-order valence-electron chi connectivity index (χ3n) is 5.03. The van der Waals surface area contributed by atoms with E-state index in [2.05, 4.69) is 22.8 Å². The number of carbonyl (C=O) groups excluding carboxylic acids is 1. The monoisotopic (exact) mass is 365 g/mol. The minimum absolute atomic E-state index is 0.00323. The minimum atomic E-state index is -0.177. The Morgan fingerprint density at radius 2 is 1.88 bits per heavy atom. The van der Waals surface area contributed by atoms with Gasteiger partial charge in [0.05, 0.1) is 5.75 Å². The summed E-state index contributed by atoms with van der Waals surface area (Å²) < 4.78 is 0. The highest BCUT2D eigenvalue weighted by Crippen LogP contribution is 2.40. The van der Waals surface area contributed by atoms with Gasteiger partial charge >= 0.3 is 0 Å². The van der Waals surface area contributed by atoms with Gasteiger partial charge in [0.2, 0.25) is 5.91 Å². The quantitative estimate of drug-likeness (QED) is 0.821. The highest BCUT2D eigenvalue weighted by Gasteiger charge is 2.37. The van der Waals surface area contributed by atoms with Crippen molar-refractivity contribution < 1.29 is 4.79 Å². The first kappa shape index (κ1) is 17.2. The van der Waals surface area contributed by atoms with Gasteiger partial charge in [-0.15, -0.1) is 0 Å². The smallest absolute Gasteiger partial charge is 0.234 e. The van der Waals surface area contributed by atoms with Crippen LogP contribution in [0.15, 0.2) is 53.5 Å². The fourth-order valence-corrected chi connectivity index (χ4v) is 4.56. The zero-order valence-electron chi connectivity index (χ0n) is 14.9. The van der Waals surface area contributed by atoms with Crippen LogP contribution < -0.4 is 10.6 Å². The summed E-state index contributed by atoms with van der Waals surface area (Å²) in [4.78, 5) is 17.5. The van der Waals surface area contributed by atoms with Crippen LogP contribution in [0, 0.1) is 6.92 Å². The number of benzene rings is 2. The maximum Gasteiger partial charge on any atom is 0.234 e. The Morgan fingerprint density at radius 3 is 2.69 bits per heavy atom. The number of carbonyl (C=O) groups is 1. The summed E-state index contributed by atoms with van der Waals surface area (Å²) in [6, 6.07) is 16.1. The summed E-state index contributed by atoms with van der Waals surface area (Å²) in [5.74, 6) is 0.362. The summed E-state index contributed by atoms with van der Waals surface area (Å²) in [6.07, 6.45) is 4.51. The van der Waals surface area contributed by atoms with Crippen LogP contribution in [-0.4, -0.2) is 22.4 Å². The maximum atomic E-state index is 12.4. The Balaban J connectivity index is 1.50. The number of rotatable bonds is 3. The Hall–Kier alpha value is -2.27. The van der Waals surface area contributed by atoms with E-state index >= 15 is 0 Å². The summed E-state index contributed by atoms with van der Waals surface area (Å²) >= 11 is 1.53. The SMILES string of the molecule is Cc1ccccc1NC(=O)CSC1=NC2(CCCC2)Nc2ccccc21. The van der Waals surface area contributed by atoms with Gasteiger partial charge in [-0.3, -0.25) is 4.79 Å². The second kappa shape index (κ2) is 7.16. The van der Waals surface area contributed by atoms with Crippen molar-refractivity contribution in [2.45, 2.75) is 38.3 Å². The lowest BCUT2D eigenvalue weighted by Crippen LogP contribution is -2.37. The van der Waals surface area contributed by atoms with Gasteiger partial charge in [-0.25, -0.2) is 4.99 Å². The highest BCUT2D eigenvalue weighted by molar-refractivity contribution is 8.15. The number of nitrogens with zero attached hydrogens (tertiary/aromatic N) is 1. The van der Waals surface area contributed by atoms with Gasteiger partial charge in [-0.05, 0) is 50.3 Å². The fraction of sp³-hybridized carbons (Fsp3) is 0.333. The number of aliphatic imine (C=N–C) groups is 1. The molecule has 4 nitrogen and oxygen atoms in total. The lowest BCUT2D eigenvalue weighted by molar-refractivity contribution is -0.113. The topological polar surface area (TPSA) is 53.5 Å². The Labute approximate surface area is 158 Å². The molecule has 134 valence electrons. The van der Waals surface area contributed by atoms with Crippen molar-refractivity contribution >= 4 is 34.1 Å². The molecule has 0 saturated heterocycles. The first-order chi connectivity index (χ1) is 12.7. The lowest BCUT2D eigenvalue weighted by atomic mass is 10.0. The second-order valence-corrected chi connectivity index (χ2v) is 7.94. The second-order valence-electron chi connectivity index (χ2n) is 6.98. The van der Waals surface area contributed by atoms with E-state index in [1.807, 2.05) is 43.3 Å². The number of anilines is 2. The average Bonchev–Trinajstić information content (AvgIpc) is 3.09. The average molecular weight is 366 g/mol. The first-order valence-corrected chi connectivity index (χ1v) is 10.1. The van der Waals surface area contributed by atoms with Gasteiger partial charge in [0.15, 0.2) is 0 Å². The van der Waals surface area contributed by atoms with Gasteiger partial charge in [0.25, 0.3) is 0 Å². The molecule has 0 aromatic heterocycles. The van der Waals surface area contributed by atoms with E-state index in [-0.39, 0.29) is 11.6 Å². The van der Waals surface area contributed by atoms with Gasteiger partial charge in [0.1, 0.15) is 10.7 Å².